The van der Waals surface area contributed by atoms with Gasteiger partial charge in [0.05, 0.1) is 12.2 Å². The Balaban J connectivity index is 2.05. The van der Waals surface area contributed by atoms with Crippen molar-refractivity contribution in [2.45, 2.75) is 39.2 Å². The van der Waals surface area contributed by atoms with Crippen LogP contribution in [-0.4, -0.2) is 34.0 Å². The summed E-state index contributed by atoms with van der Waals surface area (Å²) in [5.74, 6) is 5.62. The van der Waals surface area contributed by atoms with Crippen LogP contribution in [0.4, 0.5) is 4.79 Å². The molecule has 0 atom stereocenters. The van der Waals surface area contributed by atoms with Gasteiger partial charge in [-0.3, -0.25) is 5.01 Å². The largest absolute Gasteiger partial charge is 0.334 e. The van der Waals surface area contributed by atoms with Crippen LogP contribution in [0, 0.1) is 0 Å². The summed E-state index contributed by atoms with van der Waals surface area (Å²) >= 11 is 1.61. The van der Waals surface area contributed by atoms with Crippen molar-refractivity contribution in [2.24, 2.45) is 5.84 Å². The number of thiazole rings is 1. The Hall–Kier alpha value is -1.14. The van der Waals surface area contributed by atoms with Crippen LogP contribution in [0.5, 0.6) is 0 Å². The van der Waals surface area contributed by atoms with Gasteiger partial charge < -0.3 is 4.90 Å². The summed E-state index contributed by atoms with van der Waals surface area (Å²) < 4.78 is 0. The maximum atomic E-state index is 11.8. The third-order valence-corrected chi connectivity index (χ3v) is 3.82. The lowest BCUT2D eigenvalue weighted by molar-refractivity contribution is 0.127. The fourth-order valence-electron chi connectivity index (χ4n) is 1.84. The molecule has 2 amide bonds. The SMILES string of the molecule is CC(C)(C)c1csc(CN2CCCN(N)C2=O)n1. The van der Waals surface area contributed by atoms with Gasteiger partial charge in [0.25, 0.3) is 0 Å². The molecule has 0 spiro atoms. The van der Waals surface area contributed by atoms with Crippen molar-refractivity contribution in [3.8, 4) is 0 Å². The second-order valence-electron chi connectivity index (χ2n) is 5.63. The van der Waals surface area contributed by atoms with Crippen LogP contribution in [0.2, 0.25) is 0 Å². The van der Waals surface area contributed by atoms with E-state index < -0.39 is 0 Å². The van der Waals surface area contributed by atoms with Crippen LogP contribution < -0.4 is 5.84 Å². The van der Waals surface area contributed by atoms with Crippen LogP contribution >= 0.6 is 11.3 Å². The molecular formula is C12H20N4OS. The summed E-state index contributed by atoms with van der Waals surface area (Å²) in [5, 5.41) is 4.33. The van der Waals surface area contributed by atoms with E-state index in [-0.39, 0.29) is 11.4 Å². The smallest absolute Gasteiger partial charge is 0.317 e. The molecule has 18 heavy (non-hydrogen) atoms. The predicted molar refractivity (Wildman–Crippen MR) is 72.1 cm³/mol. The van der Waals surface area contributed by atoms with Crippen molar-refractivity contribution in [1.29, 1.82) is 0 Å². The zero-order chi connectivity index (χ0) is 13.3. The van der Waals surface area contributed by atoms with E-state index in [1.165, 1.54) is 5.01 Å². The molecule has 1 aliphatic heterocycles. The molecular weight excluding hydrogens is 248 g/mol. The van der Waals surface area contributed by atoms with Gasteiger partial charge in [0.1, 0.15) is 5.01 Å². The lowest BCUT2D eigenvalue weighted by atomic mass is 9.93. The standard InChI is InChI=1S/C12H20N4OS/c1-12(2,3)9-8-18-10(14-9)7-15-5-4-6-16(13)11(15)17/h8H,4-7,13H2,1-3H3. The number of aromatic nitrogens is 1. The van der Waals surface area contributed by atoms with E-state index in [2.05, 4.69) is 31.1 Å². The highest BCUT2D eigenvalue weighted by Crippen LogP contribution is 2.24. The summed E-state index contributed by atoms with van der Waals surface area (Å²) in [6, 6.07) is -0.103. The normalized spacial score (nSPS) is 17.4. The molecule has 1 fully saturated rings. The number of carbonyl (C=O) groups excluding carboxylic acids is 1. The number of nitrogens with zero attached hydrogens (tertiary/aromatic N) is 3. The number of hydrogen-bond donors (Lipinski definition) is 1. The number of urea groups is 1. The summed E-state index contributed by atoms with van der Waals surface area (Å²) in [6.45, 7) is 8.38. The Morgan fingerprint density at radius 2 is 2.17 bits per heavy atom. The predicted octanol–water partition coefficient (Wildman–Crippen LogP) is 1.94. The molecule has 0 aliphatic carbocycles. The first-order chi connectivity index (χ1) is 8.38. The van der Waals surface area contributed by atoms with E-state index in [1.807, 2.05) is 0 Å². The molecule has 1 saturated heterocycles. The summed E-state index contributed by atoms with van der Waals surface area (Å²) in [7, 11) is 0. The zero-order valence-corrected chi connectivity index (χ0v) is 12.0. The monoisotopic (exact) mass is 268 g/mol. The van der Waals surface area contributed by atoms with Gasteiger partial charge in [0, 0.05) is 23.9 Å². The van der Waals surface area contributed by atoms with E-state index >= 15 is 0 Å². The molecule has 2 N–H and O–H groups in total. The number of nitrogens with two attached hydrogens (primary N) is 1. The Bertz CT molecular complexity index is 438. The van der Waals surface area contributed by atoms with E-state index in [4.69, 9.17) is 5.84 Å². The lowest BCUT2D eigenvalue weighted by Gasteiger charge is -2.32. The summed E-state index contributed by atoms with van der Waals surface area (Å²) in [4.78, 5) is 18.2. The minimum absolute atomic E-state index is 0.0561. The fraction of sp³-hybridized carbons (Fsp3) is 0.667. The van der Waals surface area contributed by atoms with E-state index in [9.17, 15) is 4.79 Å². The molecule has 0 bridgehead atoms. The third-order valence-electron chi connectivity index (χ3n) is 2.99. The van der Waals surface area contributed by atoms with Crippen LogP contribution in [-0.2, 0) is 12.0 Å². The quantitative estimate of drug-likeness (QED) is 0.658. The lowest BCUT2D eigenvalue weighted by Crippen LogP contribution is -2.52. The number of carbonyl (C=O) groups is 1. The van der Waals surface area contributed by atoms with Crippen LogP contribution in [0.1, 0.15) is 37.9 Å². The molecule has 1 aromatic heterocycles. The molecule has 2 rings (SSSR count). The van der Waals surface area contributed by atoms with Crippen molar-refractivity contribution in [3.63, 3.8) is 0 Å². The first kappa shape index (κ1) is 13.3. The topological polar surface area (TPSA) is 62.5 Å². The fourth-order valence-corrected chi connectivity index (χ4v) is 2.88. The van der Waals surface area contributed by atoms with Crippen molar-refractivity contribution >= 4 is 17.4 Å². The van der Waals surface area contributed by atoms with Gasteiger partial charge >= 0.3 is 6.03 Å². The van der Waals surface area contributed by atoms with E-state index in [0.717, 1.165) is 23.7 Å². The van der Waals surface area contributed by atoms with Crippen LogP contribution in [0.25, 0.3) is 0 Å². The third kappa shape index (κ3) is 2.81. The van der Waals surface area contributed by atoms with Gasteiger partial charge in [-0.1, -0.05) is 20.8 Å². The van der Waals surface area contributed by atoms with Gasteiger partial charge in [0.15, 0.2) is 0 Å². The van der Waals surface area contributed by atoms with Gasteiger partial charge in [-0.2, -0.15) is 0 Å². The minimum atomic E-state index is -0.103. The molecule has 2 heterocycles. The Morgan fingerprint density at radius 3 is 2.78 bits per heavy atom. The number of hydrazine groups is 1. The molecule has 0 saturated carbocycles. The molecule has 0 aromatic carbocycles. The number of rotatable bonds is 2. The van der Waals surface area contributed by atoms with Crippen molar-refractivity contribution < 1.29 is 4.79 Å². The summed E-state index contributed by atoms with van der Waals surface area (Å²) in [6.07, 6.45) is 0.916. The molecule has 0 unspecified atom stereocenters. The molecule has 6 heteroatoms. The van der Waals surface area contributed by atoms with Gasteiger partial charge in [-0.05, 0) is 6.42 Å². The maximum Gasteiger partial charge on any atom is 0.334 e. The Kier molecular flexibility index (Phi) is 3.59. The van der Waals surface area contributed by atoms with E-state index in [0.29, 0.717) is 13.1 Å². The van der Waals surface area contributed by atoms with Crippen LogP contribution in [0.3, 0.4) is 0 Å². The molecule has 1 aromatic rings. The second-order valence-corrected chi connectivity index (χ2v) is 6.57. The number of amides is 2. The molecule has 100 valence electrons. The highest BCUT2D eigenvalue weighted by Gasteiger charge is 2.25. The Labute approximate surface area is 112 Å². The number of hydrogen-bond acceptors (Lipinski definition) is 4. The minimum Gasteiger partial charge on any atom is -0.317 e. The summed E-state index contributed by atoms with van der Waals surface area (Å²) in [5.41, 5.74) is 1.14. The first-order valence-corrected chi connectivity index (χ1v) is 7.02. The van der Waals surface area contributed by atoms with Crippen molar-refractivity contribution in [3.05, 3.63) is 16.1 Å². The molecule has 5 nitrogen and oxygen atoms in total. The van der Waals surface area contributed by atoms with Crippen molar-refractivity contribution in [2.75, 3.05) is 13.1 Å². The zero-order valence-electron chi connectivity index (χ0n) is 11.1. The molecule has 0 radical (unpaired) electrons. The average Bonchev–Trinajstić information content (AvgIpc) is 2.73. The van der Waals surface area contributed by atoms with Gasteiger partial charge in [0.2, 0.25) is 0 Å². The van der Waals surface area contributed by atoms with Crippen LogP contribution in [0.15, 0.2) is 5.38 Å². The second kappa shape index (κ2) is 4.85. The van der Waals surface area contributed by atoms with Crippen molar-refractivity contribution in [1.82, 2.24) is 14.9 Å². The maximum absolute atomic E-state index is 11.8. The van der Waals surface area contributed by atoms with Gasteiger partial charge in [-0.15, -0.1) is 11.3 Å². The highest BCUT2D eigenvalue weighted by molar-refractivity contribution is 7.09. The highest BCUT2D eigenvalue weighted by atomic mass is 32.1. The van der Waals surface area contributed by atoms with E-state index in [1.54, 1.807) is 16.2 Å². The first-order valence-electron chi connectivity index (χ1n) is 6.14. The Morgan fingerprint density at radius 1 is 1.44 bits per heavy atom. The average molecular weight is 268 g/mol. The molecule has 1 aliphatic rings. The van der Waals surface area contributed by atoms with Gasteiger partial charge in [-0.25, -0.2) is 15.6 Å².